The number of aromatic nitrogens is 2. The van der Waals surface area contributed by atoms with Crippen LogP contribution in [-0.2, 0) is 24.3 Å². The molecule has 4 nitrogen and oxygen atoms in total. The molecule has 0 aliphatic carbocycles. The van der Waals surface area contributed by atoms with Crippen molar-refractivity contribution in [3.63, 3.8) is 0 Å². The van der Waals surface area contributed by atoms with E-state index in [2.05, 4.69) is 41.8 Å². The van der Waals surface area contributed by atoms with E-state index in [0.29, 0.717) is 19.5 Å². The van der Waals surface area contributed by atoms with Gasteiger partial charge in [0.2, 0.25) is 5.91 Å². The van der Waals surface area contributed by atoms with Gasteiger partial charge in [0.25, 0.3) is 0 Å². The van der Waals surface area contributed by atoms with E-state index < -0.39 is 0 Å². The molecular formula is C26H27N3O. The second-order valence-corrected chi connectivity index (χ2v) is 7.82. The maximum Gasteiger partial charge on any atom is 0.224 e. The highest BCUT2D eigenvalue weighted by Crippen LogP contribution is 2.20. The van der Waals surface area contributed by atoms with Crippen molar-refractivity contribution in [1.82, 2.24) is 14.5 Å². The summed E-state index contributed by atoms with van der Waals surface area (Å²) < 4.78 is 2.20. The van der Waals surface area contributed by atoms with Gasteiger partial charge in [0.05, 0.1) is 11.0 Å². The van der Waals surface area contributed by atoms with Crippen LogP contribution in [0.4, 0.5) is 0 Å². The van der Waals surface area contributed by atoms with Gasteiger partial charge in [0.1, 0.15) is 5.82 Å². The van der Waals surface area contributed by atoms with Gasteiger partial charge in [-0.15, -0.1) is 0 Å². The molecule has 0 bridgehead atoms. The minimum absolute atomic E-state index is 0.137. The summed E-state index contributed by atoms with van der Waals surface area (Å²) in [5.41, 5.74) is 5.68. The lowest BCUT2D eigenvalue weighted by atomic mass is 10.1. The quantitative estimate of drug-likeness (QED) is 0.441. The van der Waals surface area contributed by atoms with Crippen molar-refractivity contribution in [3.8, 4) is 0 Å². The van der Waals surface area contributed by atoms with Crippen molar-refractivity contribution < 1.29 is 4.79 Å². The van der Waals surface area contributed by atoms with Crippen LogP contribution in [0.3, 0.4) is 0 Å². The van der Waals surface area contributed by atoms with Crippen LogP contribution in [-0.4, -0.2) is 27.4 Å². The van der Waals surface area contributed by atoms with Gasteiger partial charge >= 0.3 is 0 Å². The molecule has 4 heteroatoms. The van der Waals surface area contributed by atoms with Crippen LogP contribution in [0.2, 0.25) is 0 Å². The predicted octanol–water partition coefficient (Wildman–Crippen LogP) is 4.98. The molecule has 152 valence electrons. The molecular weight excluding hydrogens is 370 g/mol. The highest BCUT2D eigenvalue weighted by Gasteiger charge is 2.14. The molecule has 0 fully saturated rings. The van der Waals surface area contributed by atoms with Gasteiger partial charge < -0.3 is 9.47 Å². The Morgan fingerprint density at radius 2 is 1.67 bits per heavy atom. The molecule has 0 saturated heterocycles. The number of imidazole rings is 1. The minimum atomic E-state index is 0.137. The Morgan fingerprint density at radius 3 is 2.47 bits per heavy atom. The zero-order chi connectivity index (χ0) is 20.9. The first-order valence-corrected chi connectivity index (χ1v) is 10.4. The van der Waals surface area contributed by atoms with E-state index in [1.54, 1.807) is 4.90 Å². The third kappa shape index (κ3) is 4.60. The average molecular weight is 398 g/mol. The molecule has 0 saturated carbocycles. The summed E-state index contributed by atoms with van der Waals surface area (Å²) >= 11 is 0. The van der Waals surface area contributed by atoms with Crippen molar-refractivity contribution in [2.75, 3.05) is 7.05 Å². The van der Waals surface area contributed by atoms with Crippen LogP contribution in [0.25, 0.3) is 11.0 Å². The minimum Gasteiger partial charge on any atom is -0.341 e. The molecule has 3 aromatic carbocycles. The van der Waals surface area contributed by atoms with Gasteiger partial charge in [0, 0.05) is 33.0 Å². The standard InChI is InChI=1S/C26H27N3O/c1-20-9-8-12-22(17-20)18-25-27-23-13-6-7-14-24(23)29(25)16-15-26(30)28(2)19-21-10-4-3-5-11-21/h3-14,17H,15-16,18-19H2,1-2H3. The molecule has 0 spiro atoms. The number of hydrogen-bond donors (Lipinski definition) is 0. The summed E-state index contributed by atoms with van der Waals surface area (Å²) in [6.07, 6.45) is 1.20. The van der Waals surface area contributed by atoms with Crippen LogP contribution < -0.4 is 0 Å². The molecule has 1 amide bonds. The number of aryl methyl sites for hydroxylation is 2. The van der Waals surface area contributed by atoms with E-state index in [9.17, 15) is 4.79 Å². The summed E-state index contributed by atoms with van der Waals surface area (Å²) in [6, 6.07) is 26.8. The van der Waals surface area contributed by atoms with Crippen molar-refractivity contribution in [2.45, 2.75) is 32.9 Å². The molecule has 30 heavy (non-hydrogen) atoms. The Balaban J connectivity index is 1.52. The van der Waals surface area contributed by atoms with Gasteiger partial charge in [-0.1, -0.05) is 72.3 Å². The SMILES string of the molecule is Cc1cccc(Cc2nc3ccccc3n2CCC(=O)N(C)Cc2ccccc2)c1. The van der Waals surface area contributed by atoms with Crippen LogP contribution in [0.5, 0.6) is 0 Å². The highest BCUT2D eigenvalue weighted by molar-refractivity contribution is 5.78. The van der Waals surface area contributed by atoms with Crippen LogP contribution in [0.15, 0.2) is 78.9 Å². The number of nitrogens with zero attached hydrogens (tertiary/aromatic N) is 3. The van der Waals surface area contributed by atoms with E-state index >= 15 is 0 Å². The Morgan fingerprint density at radius 1 is 0.933 bits per heavy atom. The summed E-state index contributed by atoms with van der Waals surface area (Å²) in [5.74, 6) is 1.14. The van der Waals surface area contributed by atoms with Crippen LogP contribution >= 0.6 is 0 Å². The fourth-order valence-corrected chi connectivity index (χ4v) is 3.86. The summed E-state index contributed by atoms with van der Waals surface area (Å²) in [4.78, 5) is 19.5. The first kappa shape index (κ1) is 19.9. The normalized spacial score (nSPS) is 11.0. The Labute approximate surface area is 177 Å². The molecule has 0 N–H and O–H groups in total. The highest BCUT2D eigenvalue weighted by atomic mass is 16.2. The summed E-state index contributed by atoms with van der Waals surface area (Å²) in [6.45, 7) is 3.35. The van der Waals surface area contributed by atoms with Gasteiger partial charge in [0.15, 0.2) is 0 Å². The third-order valence-corrected chi connectivity index (χ3v) is 5.42. The fourth-order valence-electron chi connectivity index (χ4n) is 3.86. The fraction of sp³-hybridized carbons (Fsp3) is 0.231. The third-order valence-electron chi connectivity index (χ3n) is 5.42. The smallest absolute Gasteiger partial charge is 0.224 e. The first-order valence-electron chi connectivity index (χ1n) is 10.4. The van der Waals surface area contributed by atoms with E-state index in [1.807, 2.05) is 55.6 Å². The van der Waals surface area contributed by atoms with E-state index in [0.717, 1.165) is 28.8 Å². The molecule has 1 heterocycles. The van der Waals surface area contributed by atoms with Crippen molar-refractivity contribution >= 4 is 16.9 Å². The van der Waals surface area contributed by atoms with Crippen molar-refractivity contribution in [1.29, 1.82) is 0 Å². The lowest BCUT2D eigenvalue weighted by Crippen LogP contribution is -2.27. The van der Waals surface area contributed by atoms with Gasteiger partial charge in [-0.2, -0.15) is 0 Å². The van der Waals surface area contributed by atoms with E-state index in [1.165, 1.54) is 11.1 Å². The average Bonchev–Trinajstić information content (AvgIpc) is 3.09. The number of hydrogen-bond acceptors (Lipinski definition) is 2. The summed E-state index contributed by atoms with van der Waals surface area (Å²) in [5, 5.41) is 0. The number of fused-ring (bicyclic) bond motifs is 1. The van der Waals surface area contributed by atoms with Gasteiger partial charge in [-0.3, -0.25) is 4.79 Å². The second kappa shape index (κ2) is 8.95. The largest absolute Gasteiger partial charge is 0.341 e. The van der Waals surface area contributed by atoms with Crippen molar-refractivity contribution in [2.24, 2.45) is 0 Å². The van der Waals surface area contributed by atoms with Crippen molar-refractivity contribution in [3.05, 3.63) is 101 Å². The zero-order valence-corrected chi connectivity index (χ0v) is 17.6. The maximum atomic E-state index is 12.8. The van der Waals surface area contributed by atoms with Crippen LogP contribution in [0.1, 0.15) is 28.9 Å². The van der Waals surface area contributed by atoms with Gasteiger partial charge in [-0.25, -0.2) is 4.98 Å². The van der Waals surface area contributed by atoms with E-state index in [4.69, 9.17) is 4.98 Å². The number of benzene rings is 3. The molecule has 0 aliphatic rings. The van der Waals surface area contributed by atoms with Crippen LogP contribution in [0, 0.1) is 6.92 Å². The molecule has 4 rings (SSSR count). The lowest BCUT2D eigenvalue weighted by molar-refractivity contribution is -0.130. The van der Waals surface area contributed by atoms with E-state index in [-0.39, 0.29) is 5.91 Å². The topological polar surface area (TPSA) is 38.1 Å². The molecule has 4 aromatic rings. The molecule has 0 aliphatic heterocycles. The Kier molecular flexibility index (Phi) is 5.94. The summed E-state index contributed by atoms with van der Waals surface area (Å²) in [7, 11) is 1.87. The zero-order valence-electron chi connectivity index (χ0n) is 17.6. The first-order chi connectivity index (χ1) is 14.6. The lowest BCUT2D eigenvalue weighted by Gasteiger charge is -2.18. The molecule has 0 atom stereocenters. The maximum absolute atomic E-state index is 12.8. The monoisotopic (exact) mass is 397 g/mol. The molecule has 0 radical (unpaired) electrons. The second-order valence-electron chi connectivity index (χ2n) is 7.82. The number of carbonyl (C=O) groups excluding carboxylic acids is 1. The molecule has 0 unspecified atom stereocenters. The molecule has 1 aromatic heterocycles. The number of rotatable bonds is 7. The predicted molar refractivity (Wildman–Crippen MR) is 121 cm³/mol. The number of amides is 1. The Bertz CT molecular complexity index is 1150. The number of para-hydroxylation sites is 2. The Hall–Kier alpha value is -3.40. The van der Waals surface area contributed by atoms with Gasteiger partial charge in [-0.05, 0) is 30.2 Å². The number of carbonyl (C=O) groups is 1.